The van der Waals surface area contributed by atoms with Crippen LogP contribution < -0.4 is 5.32 Å². The van der Waals surface area contributed by atoms with E-state index in [1.54, 1.807) is 44.8 Å². The van der Waals surface area contributed by atoms with Crippen LogP contribution in [0.2, 0.25) is 0 Å². The molecule has 1 amide bonds. The minimum atomic E-state index is -0.829. The van der Waals surface area contributed by atoms with E-state index in [4.69, 9.17) is 4.74 Å². The predicted octanol–water partition coefficient (Wildman–Crippen LogP) is 1.03. The van der Waals surface area contributed by atoms with E-state index < -0.39 is 23.7 Å². The number of hydrogen-bond acceptors (Lipinski definition) is 5. The molecule has 0 fully saturated rings. The number of alkyl carbamates (subject to hydrolysis) is 1. The molecule has 0 aliphatic rings. The summed E-state index contributed by atoms with van der Waals surface area (Å²) in [6, 6.07) is 0.942. The van der Waals surface area contributed by atoms with Gasteiger partial charge in [-0.1, -0.05) is 0 Å². The van der Waals surface area contributed by atoms with Gasteiger partial charge in [-0.25, -0.2) is 9.59 Å². The van der Waals surface area contributed by atoms with Crippen molar-refractivity contribution >= 4 is 12.1 Å². The second-order valence-corrected chi connectivity index (χ2v) is 5.41. The molecule has 1 unspecified atom stereocenters. The SMILES string of the molecule is COC(=O)C(Cc1ccn(C)n1)NC(=O)OC(C)(C)C. The van der Waals surface area contributed by atoms with Gasteiger partial charge in [0.15, 0.2) is 0 Å². The van der Waals surface area contributed by atoms with Crippen molar-refractivity contribution in [3.8, 4) is 0 Å². The standard InChI is InChI=1S/C13H21N3O4/c1-13(2,3)20-12(18)14-10(11(17)19-5)8-9-6-7-16(4)15-9/h6-7,10H,8H2,1-5H3,(H,14,18). The van der Waals surface area contributed by atoms with E-state index in [0.717, 1.165) is 0 Å². The average molecular weight is 283 g/mol. The van der Waals surface area contributed by atoms with E-state index in [9.17, 15) is 9.59 Å². The van der Waals surface area contributed by atoms with E-state index >= 15 is 0 Å². The van der Waals surface area contributed by atoms with Crippen molar-refractivity contribution < 1.29 is 19.1 Å². The normalized spacial score (nSPS) is 12.7. The zero-order valence-corrected chi connectivity index (χ0v) is 12.5. The van der Waals surface area contributed by atoms with Crippen LogP contribution in [0.3, 0.4) is 0 Å². The summed E-state index contributed by atoms with van der Waals surface area (Å²) >= 11 is 0. The lowest BCUT2D eigenvalue weighted by molar-refractivity contribution is -0.143. The molecule has 0 bridgehead atoms. The number of ether oxygens (including phenoxy) is 2. The lowest BCUT2D eigenvalue weighted by Crippen LogP contribution is -2.45. The van der Waals surface area contributed by atoms with E-state index in [2.05, 4.69) is 15.2 Å². The molecule has 1 aromatic heterocycles. The monoisotopic (exact) mass is 283 g/mol. The first-order chi connectivity index (χ1) is 9.21. The number of methoxy groups -OCH3 is 1. The van der Waals surface area contributed by atoms with Crippen molar-refractivity contribution in [2.75, 3.05) is 7.11 Å². The Labute approximate surface area is 118 Å². The van der Waals surface area contributed by atoms with Crippen molar-refractivity contribution in [1.82, 2.24) is 15.1 Å². The van der Waals surface area contributed by atoms with Crippen LogP contribution in [0.25, 0.3) is 0 Å². The smallest absolute Gasteiger partial charge is 0.408 e. The Balaban J connectivity index is 2.70. The number of carbonyl (C=O) groups is 2. The molecular weight excluding hydrogens is 262 g/mol. The Bertz CT molecular complexity index is 476. The zero-order chi connectivity index (χ0) is 15.3. The molecule has 0 aliphatic heterocycles. The van der Waals surface area contributed by atoms with Crippen LogP contribution in [0.1, 0.15) is 26.5 Å². The number of nitrogens with one attached hydrogen (secondary N) is 1. The Morgan fingerprint density at radius 2 is 2.10 bits per heavy atom. The van der Waals surface area contributed by atoms with Crippen LogP contribution in [0.4, 0.5) is 4.79 Å². The molecule has 0 aromatic carbocycles. The first-order valence-electron chi connectivity index (χ1n) is 6.27. The van der Waals surface area contributed by atoms with E-state index in [-0.39, 0.29) is 6.42 Å². The number of aromatic nitrogens is 2. The Morgan fingerprint density at radius 1 is 1.45 bits per heavy atom. The van der Waals surface area contributed by atoms with Gasteiger partial charge in [-0.15, -0.1) is 0 Å². The van der Waals surface area contributed by atoms with E-state index in [1.165, 1.54) is 7.11 Å². The van der Waals surface area contributed by atoms with Crippen molar-refractivity contribution in [3.63, 3.8) is 0 Å². The number of nitrogens with zero attached hydrogens (tertiary/aromatic N) is 2. The molecule has 1 atom stereocenters. The van der Waals surface area contributed by atoms with Gasteiger partial charge < -0.3 is 14.8 Å². The highest BCUT2D eigenvalue weighted by molar-refractivity contribution is 5.81. The van der Waals surface area contributed by atoms with Crippen LogP contribution in [-0.2, 0) is 27.7 Å². The Morgan fingerprint density at radius 3 is 2.55 bits per heavy atom. The number of rotatable bonds is 4. The molecule has 7 heteroatoms. The van der Waals surface area contributed by atoms with Gasteiger partial charge in [0.2, 0.25) is 0 Å². The minimum absolute atomic E-state index is 0.243. The molecule has 1 rings (SSSR count). The van der Waals surface area contributed by atoms with Crippen molar-refractivity contribution in [2.45, 2.75) is 38.8 Å². The third kappa shape index (κ3) is 5.29. The van der Waals surface area contributed by atoms with Crippen molar-refractivity contribution in [3.05, 3.63) is 18.0 Å². The molecular formula is C13H21N3O4. The number of amides is 1. The van der Waals surface area contributed by atoms with Gasteiger partial charge in [-0.3, -0.25) is 4.68 Å². The Hall–Kier alpha value is -2.05. The molecule has 1 aromatic rings. The summed E-state index contributed by atoms with van der Waals surface area (Å²) < 4.78 is 11.4. The summed E-state index contributed by atoms with van der Waals surface area (Å²) in [6.07, 6.45) is 1.34. The van der Waals surface area contributed by atoms with Gasteiger partial charge in [0.1, 0.15) is 11.6 Å². The van der Waals surface area contributed by atoms with Gasteiger partial charge in [-0.2, -0.15) is 5.10 Å². The fraction of sp³-hybridized carbons (Fsp3) is 0.615. The third-order valence-corrected chi connectivity index (χ3v) is 2.36. The highest BCUT2D eigenvalue weighted by Crippen LogP contribution is 2.08. The van der Waals surface area contributed by atoms with Crippen LogP contribution in [0.5, 0.6) is 0 Å². The number of hydrogen-bond donors (Lipinski definition) is 1. The summed E-state index contributed by atoms with van der Waals surface area (Å²) in [5.74, 6) is -0.540. The van der Waals surface area contributed by atoms with Gasteiger partial charge in [0.05, 0.1) is 12.8 Å². The lowest BCUT2D eigenvalue weighted by Gasteiger charge is -2.22. The molecule has 112 valence electrons. The molecule has 20 heavy (non-hydrogen) atoms. The molecule has 7 nitrogen and oxygen atoms in total. The first kappa shape index (κ1) is 16.0. The first-order valence-corrected chi connectivity index (χ1v) is 6.27. The summed E-state index contributed by atoms with van der Waals surface area (Å²) in [7, 11) is 3.04. The summed E-state index contributed by atoms with van der Waals surface area (Å²) in [5, 5.41) is 6.66. The molecule has 1 heterocycles. The highest BCUT2D eigenvalue weighted by Gasteiger charge is 2.25. The third-order valence-electron chi connectivity index (χ3n) is 2.36. The quantitative estimate of drug-likeness (QED) is 0.834. The summed E-state index contributed by atoms with van der Waals surface area (Å²) in [4.78, 5) is 23.4. The zero-order valence-electron chi connectivity index (χ0n) is 12.5. The minimum Gasteiger partial charge on any atom is -0.467 e. The second kappa shape index (κ2) is 6.40. The summed E-state index contributed by atoms with van der Waals surface area (Å²) in [6.45, 7) is 5.25. The van der Waals surface area contributed by atoms with Gasteiger partial charge >= 0.3 is 12.1 Å². The van der Waals surface area contributed by atoms with Crippen LogP contribution in [-0.4, -0.2) is 40.6 Å². The molecule has 0 saturated carbocycles. The van der Waals surface area contributed by atoms with Gasteiger partial charge in [-0.05, 0) is 26.8 Å². The molecule has 0 saturated heterocycles. The number of esters is 1. The van der Waals surface area contributed by atoms with E-state index in [1.807, 2.05) is 0 Å². The van der Waals surface area contributed by atoms with Crippen LogP contribution in [0, 0.1) is 0 Å². The van der Waals surface area contributed by atoms with Crippen molar-refractivity contribution in [2.24, 2.45) is 7.05 Å². The number of aryl methyl sites for hydroxylation is 1. The lowest BCUT2D eigenvalue weighted by atomic mass is 10.1. The highest BCUT2D eigenvalue weighted by atomic mass is 16.6. The fourth-order valence-corrected chi connectivity index (χ4v) is 1.57. The second-order valence-electron chi connectivity index (χ2n) is 5.41. The maximum atomic E-state index is 11.7. The predicted molar refractivity (Wildman–Crippen MR) is 72.1 cm³/mol. The topological polar surface area (TPSA) is 82.5 Å². The molecule has 0 spiro atoms. The largest absolute Gasteiger partial charge is 0.467 e. The van der Waals surface area contributed by atoms with Gasteiger partial charge in [0.25, 0.3) is 0 Å². The Kier molecular flexibility index (Phi) is 5.12. The molecule has 1 N–H and O–H groups in total. The van der Waals surface area contributed by atoms with E-state index in [0.29, 0.717) is 5.69 Å². The van der Waals surface area contributed by atoms with Crippen LogP contribution >= 0.6 is 0 Å². The fourth-order valence-electron chi connectivity index (χ4n) is 1.57. The maximum Gasteiger partial charge on any atom is 0.408 e. The van der Waals surface area contributed by atoms with Crippen LogP contribution in [0.15, 0.2) is 12.3 Å². The molecule has 0 radical (unpaired) electrons. The summed E-state index contributed by atoms with van der Waals surface area (Å²) in [5.41, 5.74) is 0.0504. The maximum absolute atomic E-state index is 11.7. The molecule has 0 aliphatic carbocycles. The van der Waals surface area contributed by atoms with Gasteiger partial charge in [0, 0.05) is 19.7 Å². The number of carbonyl (C=O) groups excluding carboxylic acids is 2. The van der Waals surface area contributed by atoms with Crippen molar-refractivity contribution in [1.29, 1.82) is 0 Å². The average Bonchev–Trinajstić information content (AvgIpc) is 2.70.